The van der Waals surface area contributed by atoms with E-state index in [1.165, 1.54) is 0 Å². The second-order valence-electron chi connectivity index (χ2n) is 1.81. The molecule has 0 aliphatic rings. The molecule has 0 aromatic rings. The second-order valence-corrected chi connectivity index (χ2v) is 1.81. The molecule has 0 bridgehead atoms. The van der Waals surface area contributed by atoms with E-state index in [0.717, 1.165) is 0 Å². The average Bonchev–Trinajstić information content (AvgIpc) is 2.00. The Labute approximate surface area is 66.2 Å². The second kappa shape index (κ2) is 5.70. The number of hydrogen-bond acceptors (Lipinski definition) is 4. The van der Waals surface area contributed by atoms with Crippen LogP contribution in [0, 0.1) is 0 Å². The van der Waals surface area contributed by atoms with Crippen LogP contribution in [0.5, 0.6) is 0 Å². The predicted molar refractivity (Wildman–Crippen MR) is 41.4 cm³/mol. The van der Waals surface area contributed by atoms with Gasteiger partial charge in [0, 0.05) is 0 Å². The summed E-state index contributed by atoms with van der Waals surface area (Å²) in [6.07, 6.45) is 0. The lowest BCUT2D eigenvalue weighted by atomic mass is 10.4. The Morgan fingerprint density at radius 3 is 2.45 bits per heavy atom. The van der Waals surface area contributed by atoms with Crippen LogP contribution in [0.4, 0.5) is 0 Å². The van der Waals surface area contributed by atoms with Crippen LogP contribution in [0.1, 0.15) is 20.8 Å². The fraction of sp³-hybridized carbons (Fsp3) is 0.714. The van der Waals surface area contributed by atoms with Gasteiger partial charge in [0.2, 0.25) is 0 Å². The molecule has 4 heteroatoms. The van der Waals surface area contributed by atoms with Crippen LogP contribution >= 0.6 is 0 Å². The Hall–Kier alpha value is -1.06. The van der Waals surface area contributed by atoms with E-state index >= 15 is 0 Å². The first kappa shape index (κ1) is 9.94. The number of oxime groups is 1. The van der Waals surface area contributed by atoms with Crippen molar-refractivity contribution < 1.29 is 14.4 Å². The van der Waals surface area contributed by atoms with E-state index in [0.29, 0.717) is 13.2 Å². The molecule has 0 heterocycles. The van der Waals surface area contributed by atoms with E-state index in [2.05, 4.69) is 14.7 Å². The first-order valence-electron chi connectivity index (χ1n) is 3.56. The van der Waals surface area contributed by atoms with E-state index in [4.69, 9.17) is 0 Å². The maximum atomic E-state index is 10.8. The van der Waals surface area contributed by atoms with Gasteiger partial charge in [0.25, 0.3) is 0 Å². The van der Waals surface area contributed by atoms with Crippen LogP contribution in [0.25, 0.3) is 0 Å². The minimum Gasteiger partial charge on any atom is -0.461 e. The summed E-state index contributed by atoms with van der Waals surface area (Å²) in [6, 6.07) is 0. The van der Waals surface area contributed by atoms with Gasteiger partial charge in [-0.25, -0.2) is 4.79 Å². The number of nitrogens with zero attached hydrogens (tertiary/aromatic N) is 1. The monoisotopic (exact) mass is 159 g/mol. The lowest BCUT2D eigenvalue weighted by Gasteiger charge is -1.99. The molecule has 0 saturated heterocycles. The van der Waals surface area contributed by atoms with Crippen molar-refractivity contribution in [1.82, 2.24) is 0 Å². The molecule has 0 aromatic heterocycles. The molecule has 11 heavy (non-hydrogen) atoms. The largest absolute Gasteiger partial charge is 0.461 e. The van der Waals surface area contributed by atoms with Crippen LogP contribution in [-0.2, 0) is 14.4 Å². The summed E-state index contributed by atoms with van der Waals surface area (Å²) < 4.78 is 4.65. The molecule has 0 unspecified atom stereocenters. The topological polar surface area (TPSA) is 47.9 Å². The minimum atomic E-state index is -0.430. The normalized spacial score (nSPS) is 11.0. The smallest absolute Gasteiger partial charge is 0.355 e. The van der Waals surface area contributed by atoms with Gasteiger partial charge in [-0.05, 0) is 20.8 Å². The van der Waals surface area contributed by atoms with Crippen molar-refractivity contribution in [2.24, 2.45) is 5.16 Å². The highest BCUT2D eigenvalue weighted by Crippen LogP contribution is 1.85. The Bertz CT molecular complexity index is 154. The third-order valence-corrected chi connectivity index (χ3v) is 0.901. The van der Waals surface area contributed by atoms with E-state index in [9.17, 15) is 4.79 Å². The number of ether oxygens (including phenoxy) is 1. The molecule has 0 aliphatic heterocycles. The van der Waals surface area contributed by atoms with Crippen molar-refractivity contribution >= 4 is 11.7 Å². The molecule has 0 rings (SSSR count). The minimum absolute atomic E-state index is 0.244. The van der Waals surface area contributed by atoms with Crippen LogP contribution in [0.2, 0.25) is 0 Å². The van der Waals surface area contributed by atoms with E-state index in [1.54, 1.807) is 20.8 Å². The molecule has 0 spiro atoms. The Morgan fingerprint density at radius 1 is 1.36 bits per heavy atom. The van der Waals surface area contributed by atoms with Gasteiger partial charge in [0.15, 0.2) is 5.71 Å². The van der Waals surface area contributed by atoms with Crippen molar-refractivity contribution in [2.45, 2.75) is 20.8 Å². The van der Waals surface area contributed by atoms with Crippen LogP contribution in [-0.4, -0.2) is 24.9 Å². The highest BCUT2D eigenvalue weighted by molar-refractivity contribution is 6.35. The third kappa shape index (κ3) is 4.36. The maximum absolute atomic E-state index is 10.8. The number of esters is 1. The standard InChI is InChI=1S/C7H13NO3/c1-4-10-7(9)6(3)8-11-5-2/h4-5H2,1-3H3/b8-6-. The van der Waals surface area contributed by atoms with Gasteiger partial charge in [-0.2, -0.15) is 0 Å². The van der Waals surface area contributed by atoms with Gasteiger partial charge in [-0.15, -0.1) is 0 Å². The first-order valence-corrected chi connectivity index (χ1v) is 3.56. The summed E-state index contributed by atoms with van der Waals surface area (Å²) in [6.45, 7) is 5.90. The van der Waals surface area contributed by atoms with E-state index in [1.807, 2.05) is 0 Å². The fourth-order valence-electron chi connectivity index (χ4n) is 0.434. The first-order chi connectivity index (χ1) is 5.22. The van der Waals surface area contributed by atoms with Gasteiger partial charge in [-0.1, -0.05) is 5.16 Å². The molecule has 0 saturated carbocycles. The van der Waals surface area contributed by atoms with Crippen molar-refractivity contribution in [3.8, 4) is 0 Å². The quantitative estimate of drug-likeness (QED) is 0.349. The van der Waals surface area contributed by atoms with Crippen LogP contribution < -0.4 is 0 Å². The maximum Gasteiger partial charge on any atom is 0.355 e. The highest BCUT2D eigenvalue weighted by atomic mass is 16.6. The zero-order valence-corrected chi connectivity index (χ0v) is 7.09. The zero-order chi connectivity index (χ0) is 8.69. The highest BCUT2D eigenvalue weighted by Gasteiger charge is 2.05. The van der Waals surface area contributed by atoms with Gasteiger partial charge < -0.3 is 9.57 Å². The molecule has 0 aliphatic carbocycles. The summed E-state index contributed by atoms with van der Waals surface area (Å²) in [5.41, 5.74) is 0.244. The molecule has 0 N–H and O–H groups in total. The Balaban J connectivity index is 3.80. The van der Waals surface area contributed by atoms with Gasteiger partial charge in [-0.3, -0.25) is 0 Å². The van der Waals surface area contributed by atoms with Crippen molar-refractivity contribution in [1.29, 1.82) is 0 Å². The Morgan fingerprint density at radius 2 is 2.00 bits per heavy atom. The van der Waals surface area contributed by atoms with E-state index in [-0.39, 0.29) is 5.71 Å². The molecule has 0 amide bonds. The summed E-state index contributed by atoms with van der Waals surface area (Å²) in [4.78, 5) is 15.5. The Kier molecular flexibility index (Phi) is 5.15. The van der Waals surface area contributed by atoms with Crippen molar-refractivity contribution in [3.63, 3.8) is 0 Å². The number of carbonyl (C=O) groups is 1. The van der Waals surface area contributed by atoms with Gasteiger partial charge in [0.05, 0.1) is 6.61 Å². The lowest BCUT2D eigenvalue weighted by Crippen LogP contribution is -2.14. The number of rotatable bonds is 4. The van der Waals surface area contributed by atoms with Crippen molar-refractivity contribution in [2.75, 3.05) is 13.2 Å². The van der Waals surface area contributed by atoms with Crippen molar-refractivity contribution in [3.05, 3.63) is 0 Å². The van der Waals surface area contributed by atoms with Gasteiger partial charge >= 0.3 is 5.97 Å². The summed E-state index contributed by atoms with van der Waals surface area (Å²) in [7, 11) is 0. The molecule has 0 fully saturated rings. The van der Waals surface area contributed by atoms with Gasteiger partial charge in [0.1, 0.15) is 6.61 Å². The summed E-state index contributed by atoms with van der Waals surface area (Å²) in [5, 5.41) is 3.50. The number of carbonyl (C=O) groups excluding carboxylic acids is 1. The predicted octanol–water partition coefficient (Wildman–Crippen LogP) is 0.962. The van der Waals surface area contributed by atoms with Crippen LogP contribution in [0.15, 0.2) is 5.16 Å². The SMILES string of the molecule is CCO/N=C(/C)C(=O)OCC. The summed E-state index contributed by atoms with van der Waals surface area (Å²) >= 11 is 0. The molecular weight excluding hydrogens is 146 g/mol. The molecule has 4 nitrogen and oxygen atoms in total. The third-order valence-electron chi connectivity index (χ3n) is 0.901. The molecule has 0 aromatic carbocycles. The summed E-state index contributed by atoms with van der Waals surface area (Å²) in [5.74, 6) is -0.430. The molecular formula is C7H13NO3. The molecule has 64 valence electrons. The number of hydrogen-bond donors (Lipinski definition) is 0. The van der Waals surface area contributed by atoms with E-state index < -0.39 is 5.97 Å². The van der Waals surface area contributed by atoms with Crippen LogP contribution in [0.3, 0.4) is 0 Å². The lowest BCUT2D eigenvalue weighted by molar-refractivity contribution is -0.135. The molecule has 0 atom stereocenters. The fourth-order valence-corrected chi connectivity index (χ4v) is 0.434. The average molecular weight is 159 g/mol. The zero-order valence-electron chi connectivity index (χ0n) is 7.09. The molecule has 0 radical (unpaired) electrons.